The van der Waals surface area contributed by atoms with Crippen LogP contribution in [0.5, 0.6) is 0 Å². The van der Waals surface area contributed by atoms with Crippen LogP contribution in [0.3, 0.4) is 0 Å². The van der Waals surface area contributed by atoms with Gasteiger partial charge in [0.1, 0.15) is 0 Å². The molecule has 0 bridgehead atoms. The van der Waals surface area contributed by atoms with E-state index in [2.05, 4.69) is 21.0 Å². The minimum Gasteiger partial charge on any atom is -0.378 e. The van der Waals surface area contributed by atoms with Gasteiger partial charge in [0.15, 0.2) is 0 Å². The Morgan fingerprint density at radius 2 is 2.05 bits per heavy atom. The predicted octanol–water partition coefficient (Wildman–Crippen LogP) is 1.62. The number of ether oxygens (including phenoxy) is 1. The Morgan fingerprint density at radius 1 is 1.32 bits per heavy atom. The Bertz CT molecular complexity index is 487. The predicted molar refractivity (Wildman–Crippen MR) is 76.8 cm³/mol. The fraction of sp³-hybridized carbons (Fsp3) is 0.500. The summed E-state index contributed by atoms with van der Waals surface area (Å²) in [6.07, 6.45) is 2.05. The number of hydrogen-bond donors (Lipinski definition) is 1. The van der Waals surface area contributed by atoms with Crippen LogP contribution in [0.25, 0.3) is 0 Å². The first kappa shape index (κ1) is 15.5. The first-order chi connectivity index (χ1) is 9.08. The minimum atomic E-state index is 0.636. The van der Waals surface area contributed by atoms with E-state index in [4.69, 9.17) is 4.74 Å². The molecular formula is C14H24N4O. The Hall–Kier alpha value is -1.59. The fourth-order valence-electron chi connectivity index (χ4n) is 1.81. The van der Waals surface area contributed by atoms with Crippen LogP contribution in [0.2, 0.25) is 0 Å². The molecule has 0 saturated heterocycles. The lowest BCUT2D eigenvalue weighted by Gasteiger charge is -1.99. The van der Waals surface area contributed by atoms with Gasteiger partial charge >= 0.3 is 0 Å². The van der Waals surface area contributed by atoms with Crippen molar-refractivity contribution in [3.63, 3.8) is 0 Å². The van der Waals surface area contributed by atoms with E-state index < -0.39 is 0 Å². The van der Waals surface area contributed by atoms with Crippen LogP contribution in [0.1, 0.15) is 17.1 Å². The zero-order valence-corrected chi connectivity index (χ0v) is 12.5. The quantitative estimate of drug-likeness (QED) is 0.912. The number of aromatic nitrogens is 3. The molecule has 0 aliphatic carbocycles. The van der Waals surface area contributed by atoms with Crippen LogP contribution in [-0.2, 0) is 32.0 Å². The largest absolute Gasteiger partial charge is 0.378 e. The standard InChI is InChI=1S/C7H12N2O.C7H12N2/c1-6-4-7(5-10-3)9(2)8-6;1-8-6-7-4-3-5-9(7)2/h4H,5H2,1-3H3;3-5,8H,6H2,1-2H3. The Morgan fingerprint density at radius 3 is 2.47 bits per heavy atom. The smallest absolute Gasteiger partial charge is 0.0880 e. The van der Waals surface area contributed by atoms with Crippen LogP contribution < -0.4 is 5.32 Å². The van der Waals surface area contributed by atoms with Crippen molar-refractivity contribution in [1.82, 2.24) is 19.7 Å². The summed E-state index contributed by atoms with van der Waals surface area (Å²) < 4.78 is 8.90. The number of rotatable bonds is 4. The van der Waals surface area contributed by atoms with E-state index in [0.717, 1.165) is 17.9 Å². The number of nitrogens with one attached hydrogen (secondary N) is 1. The van der Waals surface area contributed by atoms with Crippen LogP contribution in [0, 0.1) is 6.92 Å². The molecular weight excluding hydrogens is 240 g/mol. The molecule has 0 unspecified atom stereocenters. The second-order valence-electron chi connectivity index (χ2n) is 4.47. The summed E-state index contributed by atoms with van der Waals surface area (Å²) >= 11 is 0. The van der Waals surface area contributed by atoms with Crippen molar-refractivity contribution in [3.05, 3.63) is 41.5 Å². The van der Waals surface area contributed by atoms with Crippen molar-refractivity contribution >= 4 is 0 Å². The third-order valence-electron chi connectivity index (χ3n) is 2.80. The van der Waals surface area contributed by atoms with Gasteiger partial charge in [0, 0.05) is 39.6 Å². The number of nitrogens with zero attached hydrogens (tertiary/aromatic N) is 3. The normalized spacial score (nSPS) is 10.2. The van der Waals surface area contributed by atoms with Crippen LogP contribution in [0.15, 0.2) is 24.4 Å². The maximum absolute atomic E-state index is 4.96. The third-order valence-corrected chi connectivity index (χ3v) is 2.80. The molecule has 106 valence electrons. The molecule has 0 fully saturated rings. The van der Waals surface area contributed by atoms with Crippen molar-refractivity contribution in [3.8, 4) is 0 Å². The van der Waals surface area contributed by atoms with Crippen LogP contribution in [-0.4, -0.2) is 28.5 Å². The minimum absolute atomic E-state index is 0.636. The molecule has 0 amide bonds. The molecule has 19 heavy (non-hydrogen) atoms. The van der Waals surface area contributed by atoms with Crippen LogP contribution >= 0.6 is 0 Å². The van der Waals surface area contributed by atoms with Gasteiger partial charge in [0.05, 0.1) is 18.0 Å². The molecule has 0 radical (unpaired) electrons. The molecule has 1 N–H and O–H groups in total. The molecule has 0 aromatic carbocycles. The van der Waals surface area contributed by atoms with Crippen molar-refractivity contribution < 1.29 is 4.74 Å². The Labute approximate surface area is 115 Å². The van der Waals surface area contributed by atoms with E-state index in [9.17, 15) is 0 Å². The SMILES string of the molecule is CNCc1cccn1C.COCc1cc(C)nn1C. The van der Waals surface area contributed by atoms with E-state index in [-0.39, 0.29) is 0 Å². The van der Waals surface area contributed by atoms with E-state index in [1.165, 1.54) is 5.69 Å². The van der Waals surface area contributed by atoms with E-state index in [1.54, 1.807) is 7.11 Å². The first-order valence-electron chi connectivity index (χ1n) is 6.31. The van der Waals surface area contributed by atoms with Gasteiger partial charge in [0.25, 0.3) is 0 Å². The fourth-order valence-corrected chi connectivity index (χ4v) is 1.81. The van der Waals surface area contributed by atoms with Crippen molar-refractivity contribution in [1.29, 1.82) is 0 Å². The molecule has 2 heterocycles. The molecule has 2 aromatic heterocycles. The maximum Gasteiger partial charge on any atom is 0.0880 e. The molecule has 2 aromatic rings. The summed E-state index contributed by atoms with van der Waals surface area (Å²) in [7, 11) is 7.60. The summed E-state index contributed by atoms with van der Waals surface area (Å²) in [6, 6.07) is 6.17. The second kappa shape index (κ2) is 7.76. The van der Waals surface area contributed by atoms with Gasteiger partial charge in [0.2, 0.25) is 0 Å². The summed E-state index contributed by atoms with van der Waals surface area (Å²) in [5.74, 6) is 0. The monoisotopic (exact) mass is 264 g/mol. The van der Waals surface area contributed by atoms with Gasteiger partial charge < -0.3 is 14.6 Å². The lowest BCUT2D eigenvalue weighted by molar-refractivity contribution is 0.178. The summed E-state index contributed by atoms with van der Waals surface area (Å²) in [5, 5.41) is 7.26. The van der Waals surface area contributed by atoms with Gasteiger partial charge in [-0.05, 0) is 32.2 Å². The van der Waals surface area contributed by atoms with E-state index in [0.29, 0.717) is 6.61 Å². The topological polar surface area (TPSA) is 44.0 Å². The zero-order chi connectivity index (χ0) is 14.3. The number of aryl methyl sites for hydroxylation is 3. The second-order valence-corrected chi connectivity index (χ2v) is 4.47. The van der Waals surface area contributed by atoms with Crippen LogP contribution in [0.4, 0.5) is 0 Å². The van der Waals surface area contributed by atoms with Crippen molar-refractivity contribution in [2.75, 3.05) is 14.2 Å². The van der Waals surface area contributed by atoms with Gasteiger partial charge in [-0.1, -0.05) is 0 Å². The number of methoxy groups -OCH3 is 1. The molecule has 0 saturated carbocycles. The van der Waals surface area contributed by atoms with E-state index in [1.807, 2.05) is 51.1 Å². The highest BCUT2D eigenvalue weighted by Crippen LogP contribution is 2.01. The van der Waals surface area contributed by atoms with Gasteiger partial charge in [-0.2, -0.15) is 5.10 Å². The summed E-state index contributed by atoms with van der Waals surface area (Å²) in [4.78, 5) is 0. The lowest BCUT2D eigenvalue weighted by Crippen LogP contribution is -2.08. The van der Waals surface area contributed by atoms with Gasteiger partial charge in [-0.3, -0.25) is 4.68 Å². The molecule has 5 heteroatoms. The molecule has 2 rings (SSSR count). The summed E-state index contributed by atoms with van der Waals surface area (Å²) in [6.45, 7) is 3.56. The van der Waals surface area contributed by atoms with Gasteiger partial charge in [-0.15, -0.1) is 0 Å². The lowest BCUT2D eigenvalue weighted by atomic mass is 10.4. The Kier molecular flexibility index (Phi) is 6.32. The maximum atomic E-state index is 4.96. The highest BCUT2D eigenvalue weighted by molar-refractivity contribution is 5.07. The zero-order valence-electron chi connectivity index (χ0n) is 12.5. The van der Waals surface area contributed by atoms with Gasteiger partial charge in [-0.25, -0.2) is 0 Å². The average molecular weight is 264 g/mol. The van der Waals surface area contributed by atoms with Crippen molar-refractivity contribution in [2.45, 2.75) is 20.1 Å². The highest BCUT2D eigenvalue weighted by Gasteiger charge is 1.98. The molecule has 0 aliphatic rings. The first-order valence-corrected chi connectivity index (χ1v) is 6.31. The number of hydrogen-bond acceptors (Lipinski definition) is 3. The van der Waals surface area contributed by atoms with Crippen molar-refractivity contribution in [2.24, 2.45) is 14.1 Å². The summed E-state index contributed by atoms with van der Waals surface area (Å²) in [5.41, 5.74) is 3.46. The highest BCUT2D eigenvalue weighted by atomic mass is 16.5. The average Bonchev–Trinajstić information content (AvgIpc) is 2.89. The molecule has 0 aliphatic heterocycles. The third kappa shape index (κ3) is 4.89. The van der Waals surface area contributed by atoms with E-state index >= 15 is 0 Å². The Balaban J connectivity index is 0.000000191. The molecule has 0 atom stereocenters. The molecule has 0 spiro atoms. The molecule has 5 nitrogen and oxygen atoms in total.